The molecule has 1 aromatic rings. The molecule has 0 atom stereocenters. The molecule has 1 rings (SSSR count). The highest BCUT2D eigenvalue weighted by molar-refractivity contribution is 5.92. The standard InChI is InChI=1S/C14H16N4O/c1-2-18(9-3-8-15)11-14(19)17-13-6-4-12(10-16)5-7-13/h4-7H,2-3,9,11H2,1H3,(H,17,19). The molecule has 0 aliphatic carbocycles. The number of rotatable bonds is 6. The van der Waals surface area contributed by atoms with Crippen LogP contribution in [0.5, 0.6) is 0 Å². The molecule has 1 amide bonds. The van der Waals surface area contributed by atoms with Crippen LogP contribution in [0.2, 0.25) is 0 Å². The smallest absolute Gasteiger partial charge is 0.238 e. The van der Waals surface area contributed by atoms with E-state index in [1.54, 1.807) is 24.3 Å². The summed E-state index contributed by atoms with van der Waals surface area (Å²) in [5.41, 5.74) is 1.22. The summed E-state index contributed by atoms with van der Waals surface area (Å²) in [6, 6.07) is 10.8. The van der Waals surface area contributed by atoms with Gasteiger partial charge in [0.15, 0.2) is 0 Å². The molecule has 0 fully saturated rings. The molecule has 1 N–H and O–H groups in total. The van der Waals surface area contributed by atoms with Crippen molar-refractivity contribution < 1.29 is 4.79 Å². The number of hydrogen-bond donors (Lipinski definition) is 1. The predicted octanol–water partition coefficient (Wildman–Crippen LogP) is 1.73. The highest BCUT2D eigenvalue weighted by Crippen LogP contribution is 2.08. The molecule has 0 saturated heterocycles. The molecule has 0 heterocycles. The van der Waals surface area contributed by atoms with E-state index in [-0.39, 0.29) is 12.5 Å². The van der Waals surface area contributed by atoms with Crippen LogP contribution in [0, 0.1) is 22.7 Å². The second-order valence-electron chi connectivity index (χ2n) is 4.01. The summed E-state index contributed by atoms with van der Waals surface area (Å²) in [7, 11) is 0. The van der Waals surface area contributed by atoms with Gasteiger partial charge < -0.3 is 5.32 Å². The van der Waals surface area contributed by atoms with E-state index >= 15 is 0 Å². The number of hydrogen-bond acceptors (Lipinski definition) is 4. The molecule has 1 aromatic carbocycles. The monoisotopic (exact) mass is 256 g/mol. The van der Waals surface area contributed by atoms with Crippen LogP contribution in [-0.2, 0) is 4.79 Å². The zero-order chi connectivity index (χ0) is 14.1. The lowest BCUT2D eigenvalue weighted by molar-refractivity contribution is -0.117. The highest BCUT2D eigenvalue weighted by atomic mass is 16.2. The van der Waals surface area contributed by atoms with Crippen LogP contribution in [0.1, 0.15) is 18.9 Å². The fourth-order valence-electron chi connectivity index (χ4n) is 1.59. The lowest BCUT2D eigenvalue weighted by Crippen LogP contribution is -2.33. The van der Waals surface area contributed by atoms with Crippen LogP contribution in [0.25, 0.3) is 0 Å². The van der Waals surface area contributed by atoms with Gasteiger partial charge in [0.25, 0.3) is 0 Å². The van der Waals surface area contributed by atoms with Gasteiger partial charge >= 0.3 is 0 Å². The normalized spacial score (nSPS) is 9.68. The average molecular weight is 256 g/mol. The highest BCUT2D eigenvalue weighted by Gasteiger charge is 2.08. The largest absolute Gasteiger partial charge is 0.325 e. The predicted molar refractivity (Wildman–Crippen MR) is 72.1 cm³/mol. The van der Waals surface area contributed by atoms with Crippen LogP contribution in [-0.4, -0.2) is 30.4 Å². The fraction of sp³-hybridized carbons (Fsp3) is 0.357. The summed E-state index contributed by atoms with van der Waals surface area (Å²) in [5.74, 6) is -0.121. The third-order valence-electron chi connectivity index (χ3n) is 2.65. The number of amides is 1. The first-order valence-electron chi connectivity index (χ1n) is 6.09. The lowest BCUT2D eigenvalue weighted by Gasteiger charge is -2.18. The van der Waals surface area contributed by atoms with Crippen LogP contribution >= 0.6 is 0 Å². The maximum Gasteiger partial charge on any atom is 0.238 e. The number of carbonyl (C=O) groups excluding carboxylic acids is 1. The van der Waals surface area contributed by atoms with Crippen molar-refractivity contribution in [3.63, 3.8) is 0 Å². The Balaban J connectivity index is 2.49. The minimum atomic E-state index is -0.121. The van der Waals surface area contributed by atoms with Crippen LogP contribution < -0.4 is 5.32 Å². The molecule has 0 unspecified atom stereocenters. The molecule has 5 nitrogen and oxygen atoms in total. The zero-order valence-electron chi connectivity index (χ0n) is 10.9. The molecular formula is C14H16N4O. The van der Waals surface area contributed by atoms with E-state index in [0.717, 1.165) is 6.54 Å². The van der Waals surface area contributed by atoms with Crippen molar-refractivity contribution in [1.29, 1.82) is 10.5 Å². The van der Waals surface area contributed by atoms with Crippen LogP contribution in [0.4, 0.5) is 5.69 Å². The number of nitrogens with one attached hydrogen (secondary N) is 1. The summed E-state index contributed by atoms with van der Waals surface area (Å²) in [5, 5.41) is 20.0. The molecule has 19 heavy (non-hydrogen) atoms. The van der Waals surface area contributed by atoms with Crippen molar-refractivity contribution in [3.05, 3.63) is 29.8 Å². The zero-order valence-corrected chi connectivity index (χ0v) is 10.9. The van der Waals surface area contributed by atoms with Gasteiger partial charge in [-0.2, -0.15) is 10.5 Å². The van der Waals surface area contributed by atoms with Crippen molar-refractivity contribution in [3.8, 4) is 12.1 Å². The quantitative estimate of drug-likeness (QED) is 0.840. The van der Waals surface area contributed by atoms with E-state index in [0.29, 0.717) is 24.2 Å². The molecule has 0 bridgehead atoms. The molecule has 0 spiro atoms. The van der Waals surface area contributed by atoms with E-state index in [1.165, 1.54) is 0 Å². The number of likely N-dealkylation sites (N-methyl/N-ethyl adjacent to an activating group) is 1. The van der Waals surface area contributed by atoms with Crippen LogP contribution in [0.15, 0.2) is 24.3 Å². The Hall–Kier alpha value is -2.37. The molecule has 0 saturated carbocycles. The van der Waals surface area contributed by atoms with Gasteiger partial charge in [0, 0.05) is 18.7 Å². The molecule has 98 valence electrons. The number of carbonyl (C=O) groups is 1. The number of benzene rings is 1. The van der Waals surface area contributed by atoms with E-state index < -0.39 is 0 Å². The average Bonchev–Trinajstić information content (AvgIpc) is 2.44. The van der Waals surface area contributed by atoms with Crippen molar-refractivity contribution in [1.82, 2.24) is 4.90 Å². The molecule has 0 aromatic heterocycles. The fourth-order valence-corrected chi connectivity index (χ4v) is 1.59. The first kappa shape index (κ1) is 14.7. The van der Waals surface area contributed by atoms with Gasteiger partial charge in [-0.25, -0.2) is 0 Å². The second-order valence-corrected chi connectivity index (χ2v) is 4.01. The van der Waals surface area contributed by atoms with E-state index in [1.807, 2.05) is 17.9 Å². The van der Waals surface area contributed by atoms with Gasteiger partial charge in [-0.1, -0.05) is 6.92 Å². The van der Waals surface area contributed by atoms with Crippen molar-refractivity contribution in [2.75, 3.05) is 25.0 Å². The first-order valence-corrected chi connectivity index (χ1v) is 6.09. The van der Waals surface area contributed by atoms with Crippen LogP contribution in [0.3, 0.4) is 0 Å². The molecular weight excluding hydrogens is 240 g/mol. The molecule has 0 aliphatic heterocycles. The van der Waals surface area contributed by atoms with E-state index in [4.69, 9.17) is 10.5 Å². The minimum Gasteiger partial charge on any atom is -0.325 e. The van der Waals surface area contributed by atoms with E-state index in [2.05, 4.69) is 11.4 Å². The third kappa shape index (κ3) is 5.20. The molecule has 5 heteroatoms. The van der Waals surface area contributed by atoms with Gasteiger partial charge in [-0.05, 0) is 30.8 Å². The summed E-state index contributed by atoms with van der Waals surface area (Å²) in [6.45, 7) is 3.53. The molecule has 0 aliphatic rings. The van der Waals surface area contributed by atoms with Crippen molar-refractivity contribution in [2.24, 2.45) is 0 Å². The van der Waals surface area contributed by atoms with Crippen molar-refractivity contribution >= 4 is 11.6 Å². The van der Waals surface area contributed by atoms with Gasteiger partial charge in [-0.3, -0.25) is 9.69 Å². The van der Waals surface area contributed by atoms with Gasteiger partial charge in [0.05, 0.1) is 24.2 Å². The summed E-state index contributed by atoms with van der Waals surface area (Å²) < 4.78 is 0. The SMILES string of the molecule is CCN(CCC#N)CC(=O)Nc1ccc(C#N)cc1. The first-order chi connectivity index (χ1) is 9.19. The summed E-state index contributed by atoms with van der Waals surface area (Å²) >= 11 is 0. The Morgan fingerprint density at radius 3 is 2.53 bits per heavy atom. The Morgan fingerprint density at radius 2 is 2.00 bits per heavy atom. The number of nitriles is 2. The lowest BCUT2D eigenvalue weighted by atomic mass is 10.2. The van der Waals surface area contributed by atoms with Gasteiger partial charge in [0.2, 0.25) is 5.91 Å². The maximum atomic E-state index is 11.8. The topological polar surface area (TPSA) is 79.9 Å². The van der Waals surface area contributed by atoms with Crippen molar-refractivity contribution in [2.45, 2.75) is 13.3 Å². The molecule has 0 radical (unpaired) electrons. The maximum absolute atomic E-state index is 11.8. The Kier molecular flexibility index (Phi) is 6.08. The number of anilines is 1. The Morgan fingerprint density at radius 1 is 1.32 bits per heavy atom. The number of nitrogens with zero attached hydrogens (tertiary/aromatic N) is 3. The van der Waals surface area contributed by atoms with Gasteiger partial charge in [-0.15, -0.1) is 0 Å². The second kappa shape index (κ2) is 7.86. The van der Waals surface area contributed by atoms with Gasteiger partial charge in [0.1, 0.15) is 0 Å². The summed E-state index contributed by atoms with van der Waals surface area (Å²) in [4.78, 5) is 13.7. The Bertz CT molecular complexity index is 496. The third-order valence-corrected chi connectivity index (χ3v) is 2.65. The summed E-state index contributed by atoms with van der Waals surface area (Å²) in [6.07, 6.45) is 0.415. The Labute approximate surface area is 113 Å². The minimum absolute atomic E-state index is 0.121. The van der Waals surface area contributed by atoms with E-state index in [9.17, 15) is 4.79 Å².